The van der Waals surface area contributed by atoms with Gasteiger partial charge in [0.05, 0.1) is 0 Å². The first-order valence-corrected chi connectivity index (χ1v) is 9.20. The predicted molar refractivity (Wildman–Crippen MR) is 87.9 cm³/mol. The van der Waals surface area contributed by atoms with Crippen LogP contribution in [-0.4, -0.2) is 41.3 Å². The Bertz CT molecular complexity index is 400. The van der Waals surface area contributed by atoms with Crippen LogP contribution in [0.25, 0.3) is 0 Å². The van der Waals surface area contributed by atoms with E-state index in [9.17, 15) is 4.79 Å². The average molecular weight is 308 g/mol. The molecule has 0 aromatic rings. The van der Waals surface area contributed by atoms with E-state index in [-0.39, 0.29) is 6.09 Å². The topological polar surface area (TPSA) is 41.6 Å². The summed E-state index contributed by atoms with van der Waals surface area (Å²) < 4.78 is 5.64. The van der Waals surface area contributed by atoms with E-state index < -0.39 is 5.60 Å². The molecule has 3 rings (SSSR count). The largest absolute Gasteiger partial charge is 0.444 e. The maximum Gasteiger partial charge on any atom is 0.410 e. The molecule has 0 spiro atoms. The van der Waals surface area contributed by atoms with Crippen LogP contribution in [0.4, 0.5) is 4.79 Å². The zero-order valence-electron chi connectivity index (χ0n) is 14.4. The zero-order valence-corrected chi connectivity index (χ0v) is 14.4. The monoisotopic (exact) mass is 308 g/mol. The number of ether oxygens (including phenoxy) is 1. The van der Waals surface area contributed by atoms with E-state index in [1.807, 2.05) is 25.7 Å². The van der Waals surface area contributed by atoms with Gasteiger partial charge in [-0.1, -0.05) is 12.8 Å². The van der Waals surface area contributed by atoms with Crippen LogP contribution in [0.5, 0.6) is 0 Å². The molecule has 1 heterocycles. The van der Waals surface area contributed by atoms with Crippen LogP contribution < -0.4 is 5.32 Å². The van der Waals surface area contributed by atoms with Crippen molar-refractivity contribution in [3.05, 3.63) is 0 Å². The van der Waals surface area contributed by atoms with Crippen LogP contribution in [0.2, 0.25) is 0 Å². The van der Waals surface area contributed by atoms with Crippen molar-refractivity contribution >= 4 is 6.09 Å². The smallest absolute Gasteiger partial charge is 0.410 e. The van der Waals surface area contributed by atoms with Gasteiger partial charge in [0.1, 0.15) is 5.60 Å². The molecule has 0 aromatic carbocycles. The number of nitrogens with zero attached hydrogens (tertiary/aromatic N) is 1. The Labute approximate surface area is 135 Å². The molecule has 3 aliphatic rings. The quantitative estimate of drug-likeness (QED) is 0.864. The molecule has 3 atom stereocenters. The van der Waals surface area contributed by atoms with Crippen LogP contribution in [0, 0.1) is 5.92 Å². The lowest BCUT2D eigenvalue weighted by Crippen LogP contribution is -2.51. The van der Waals surface area contributed by atoms with E-state index in [4.69, 9.17) is 4.74 Å². The molecule has 1 amide bonds. The highest BCUT2D eigenvalue weighted by atomic mass is 16.6. The fraction of sp³-hybridized carbons (Fsp3) is 0.944. The Hall–Kier alpha value is -0.770. The minimum Gasteiger partial charge on any atom is -0.444 e. The molecule has 4 nitrogen and oxygen atoms in total. The third-order valence-corrected chi connectivity index (χ3v) is 5.27. The number of carbonyl (C=O) groups is 1. The molecule has 1 N–H and O–H groups in total. The first kappa shape index (κ1) is 16.1. The second-order valence-electron chi connectivity index (χ2n) is 8.38. The van der Waals surface area contributed by atoms with Gasteiger partial charge in [-0.25, -0.2) is 4.79 Å². The highest BCUT2D eigenvalue weighted by Crippen LogP contribution is 2.36. The molecule has 0 radical (unpaired) electrons. The van der Waals surface area contributed by atoms with Crippen molar-refractivity contribution in [1.82, 2.24) is 10.2 Å². The van der Waals surface area contributed by atoms with E-state index >= 15 is 0 Å². The van der Waals surface area contributed by atoms with Gasteiger partial charge in [-0.05, 0) is 65.2 Å². The molecule has 1 aliphatic heterocycles. The van der Waals surface area contributed by atoms with Crippen LogP contribution >= 0.6 is 0 Å². The van der Waals surface area contributed by atoms with E-state index in [0.717, 1.165) is 25.4 Å². The number of nitrogens with one attached hydrogen (secondary N) is 1. The summed E-state index contributed by atoms with van der Waals surface area (Å²) in [5.41, 5.74) is -0.400. The molecule has 2 saturated carbocycles. The summed E-state index contributed by atoms with van der Waals surface area (Å²) in [6, 6.07) is 1.74. The van der Waals surface area contributed by atoms with Gasteiger partial charge < -0.3 is 15.0 Å². The van der Waals surface area contributed by atoms with Crippen molar-refractivity contribution in [2.45, 2.75) is 95.9 Å². The molecular weight excluding hydrogens is 276 g/mol. The lowest BCUT2D eigenvalue weighted by Gasteiger charge is -2.40. The maximum absolute atomic E-state index is 12.5. The highest BCUT2D eigenvalue weighted by molar-refractivity contribution is 5.69. The minimum atomic E-state index is -0.400. The molecule has 126 valence electrons. The summed E-state index contributed by atoms with van der Waals surface area (Å²) in [5, 5.41) is 3.85. The number of amides is 1. The molecule has 3 unspecified atom stereocenters. The first-order chi connectivity index (χ1) is 10.4. The Morgan fingerprint density at radius 3 is 2.45 bits per heavy atom. The number of carbonyl (C=O) groups excluding carboxylic acids is 1. The highest BCUT2D eigenvalue weighted by Gasteiger charge is 2.42. The third kappa shape index (κ3) is 3.95. The molecule has 1 saturated heterocycles. The fourth-order valence-corrected chi connectivity index (χ4v) is 4.16. The second-order valence-corrected chi connectivity index (χ2v) is 8.38. The molecule has 22 heavy (non-hydrogen) atoms. The fourth-order valence-electron chi connectivity index (χ4n) is 4.16. The Morgan fingerprint density at radius 1 is 1.05 bits per heavy atom. The van der Waals surface area contributed by atoms with Gasteiger partial charge in [-0.3, -0.25) is 0 Å². The molecule has 2 aliphatic carbocycles. The second kappa shape index (κ2) is 6.38. The van der Waals surface area contributed by atoms with Crippen LogP contribution in [0.15, 0.2) is 0 Å². The lowest BCUT2D eigenvalue weighted by atomic mass is 9.79. The summed E-state index contributed by atoms with van der Waals surface area (Å²) in [5.74, 6) is 0.615. The third-order valence-electron chi connectivity index (χ3n) is 5.27. The zero-order chi connectivity index (χ0) is 15.7. The Balaban J connectivity index is 1.66. The van der Waals surface area contributed by atoms with Crippen LogP contribution in [0.3, 0.4) is 0 Å². The van der Waals surface area contributed by atoms with Gasteiger partial charge in [0.2, 0.25) is 0 Å². The van der Waals surface area contributed by atoms with Gasteiger partial charge in [0, 0.05) is 24.7 Å². The van der Waals surface area contributed by atoms with E-state index in [1.54, 1.807) is 0 Å². The Kier molecular flexibility index (Phi) is 4.67. The summed E-state index contributed by atoms with van der Waals surface area (Å²) in [6.07, 6.45) is 10.0. The SMILES string of the molecule is CC(C)(C)OC(=O)N1CCCC1C1CCCCC1NC1CC1. The van der Waals surface area contributed by atoms with Crippen molar-refractivity contribution in [3.8, 4) is 0 Å². The van der Waals surface area contributed by atoms with Crippen LogP contribution in [0.1, 0.15) is 72.1 Å². The standard InChI is InChI=1S/C18H32N2O2/c1-18(2,3)22-17(21)20-12-6-9-16(20)14-7-4-5-8-15(14)19-13-10-11-13/h13-16,19H,4-12H2,1-3H3. The maximum atomic E-state index is 12.5. The van der Waals surface area contributed by atoms with Gasteiger partial charge >= 0.3 is 6.09 Å². The van der Waals surface area contributed by atoms with Gasteiger partial charge in [0.25, 0.3) is 0 Å². The summed E-state index contributed by atoms with van der Waals surface area (Å²) in [4.78, 5) is 14.6. The van der Waals surface area contributed by atoms with Gasteiger partial charge in [-0.2, -0.15) is 0 Å². The van der Waals surface area contributed by atoms with Crippen molar-refractivity contribution in [2.24, 2.45) is 5.92 Å². The predicted octanol–water partition coefficient (Wildman–Crippen LogP) is 3.70. The molecule has 4 heteroatoms. The number of hydrogen-bond acceptors (Lipinski definition) is 3. The van der Waals surface area contributed by atoms with Gasteiger partial charge in [-0.15, -0.1) is 0 Å². The van der Waals surface area contributed by atoms with Crippen LogP contribution in [-0.2, 0) is 4.74 Å². The van der Waals surface area contributed by atoms with E-state index in [0.29, 0.717) is 18.0 Å². The van der Waals surface area contributed by atoms with Crippen molar-refractivity contribution in [3.63, 3.8) is 0 Å². The average Bonchev–Trinajstić information content (AvgIpc) is 3.11. The normalized spacial score (nSPS) is 33.0. The molecular formula is C18H32N2O2. The molecule has 3 fully saturated rings. The minimum absolute atomic E-state index is 0.106. The Morgan fingerprint density at radius 2 is 1.77 bits per heavy atom. The lowest BCUT2D eigenvalue weighted by molar-refractivity contribution is 0.0132. The first-order valence-electron chi connectivity index (χ1n) is 9.20. The summed E-state index contributed by atoms with van der Waals surface area (Å²) >= 11 is 0. The number of rotatable bonds is 3. The van der Waals surface area contributed by atoms with Crippen molar-refractivity contribution in [2.75, 3.05) is 6.54 Å². The number of likely N-dealkylation sites (tertiary alicyclic amines) is 1. The summed E-state index contributed by atoms with van der Waals surface area (Å²) in [7, 11) is 0. The van der Waals surface area contributed by atoms with Crippen molar-refractivity contribution in [1.29, 1.82) is 0 Å². The van der Waals surface area contributed by atoms with Gasteiger partial charge in [0.15, 0.2) is 0 Å². The van der Waals surface area contributed by atoms with E-state index in [1.165, 1.54) is 38.5 Å². The molecule has 0 aromatic heterocycles. The van der Waals surface area contributed by atoms with E-state index in [2.05, 4.69) is 5.32 Å². The van der Waals surface area contributed by atoms with Crippen molar-refractivity contribution < 1.29 is 9.53 Å². The summed E-state index contributed by atoms with van der Waals surface area (Å²) in [6.45, 7) is 6.72. The molecule has 0 bridgehead atoms. The number of hydrogen-bond donors (Lipinski definition) is 1.